The number of H-pyrrole nitrogens is 1. The summed E-state index contributed by atoms with van der Waals surface area (Å²) >= 11 is 0. The second kappa shape index (κ2) is 5.30. The molecule has 0 radical (unpaired) electrons. The Labute approximate surface area is 101 Å². The number of benzene rings is 1. The fraction of sp³-hybridized carbons (Fsp3) is 0.231. The average Bonchev–Trinajstić information content (AvgIpc) is 2.89. The Morgan fingerprint density at radius 3 is 2.71 bits per heavy atom. The molecule has 0 aliphatic carbocycles. The Kier molecular flexibility index (Phi) is 3.55. The molecule has 0 unspecified atom stereocenters. The number of rotatable bonds is 5. The number of hydrogen-bond donors (Lipinski definition) is 2. The summed E-state index contributed by atoms with van der Waals surface area (Å²) in [5.41, 5.74) is 2.15. The van der Waals surface area contributed by atoms with E-state index < -0.39 is 0 Å². The highest BCUT2D eigenvalue weighted by Gasteiger charge is 2.04. The Morgan fingerprint density at radius 1 is 1.18 bits per heavy atom. The summed E-state index contributed by atoms with van der Waals surface area (Å²) in [7, 11) is 3.29. The van der Waals surface area contributed by atoms with Crippen LogP contribution in [0.3, 0.4) is 0 Å². The number of nitrogens with one attached hydrogen (secondary N) is 2. The van der Waals surface area contributed by atoms with Crippen molar-refractivity contribution in [1.82, 2.24) is 4.98 Å². The molecule has 2 rings (SSSR count). The third-order valence-corrected chi connectivity index (χ3v) is 2.55. The summed E-state index contributed by atoms with van der Waals surface area (Å²) in [5, 5.41) is 3.32. The summed E-state index contributed by atoms with van der Waals surface area (Å²) in [4.78, 5) is 3.02. The van der Waals surface area contributed by atoms with Crippen molar-refractivity contribution in [3.63, 3.8) is 0 Å². The van der Waals surface area contributed by atoms with E-state index in [-0.39, 0.29) is 0 Å². The SMILES string of the molecule is COc1ccc(NCc2cc[nH]c2)c(OC)c1. The van der Waals surface area contributed by atoms with Crippen molar-refractivity contribution >= 4 is 5.69 Å². The van der Waals surface area contributed by atoms with Crippen LogP contribution in [0.15, 0.2) is 36.7 Å². The molecule has 2 aromatic rings. The molecular formula is C13H16N2O2. The normalized spacial score (nSPS) is 10.0. The van der Waals surface area contributed by atoms with Gasteiger partial charge < -0.3 is 19.8 Å². The zero-order valence-electron chi connectivity index (χ0n) is 9.99. The zero-order chi connectivity index (χ0) is 12.1. The molecule has 4 heteroatoms. The van der Waals surface area contributed by atoms with Gasteiger partial charge in [-0.2, -0.15) is 0 Å². The lowest BCUT2D eigenvalue weighted by atomic mass is 10.2. The molecule has 4 nitrogen and oxygen atoms in total. The number of aromatic nitrogens is 1. The molecule has 0 saturated carbocycles. The fourth-order valence-corrected chi connectivity index (χ4v) is 1.61. The Morgan fingerprint density at radius 2 is 2.06 bits per heavy atom. The minimum atomic E-state index is 0.756. The van der Waals surface area contributed by atoms with Gasteiger partial charge in [0.15, 0.2) is 0 Å². The molecule has 1 aromatic carbocycles. The summed E-state index contributed by atoms with van der Waals surface area (Å²) < 4.78 is 10.5. The molecular weight excluding hydrogens is 216 g/mol. The van der Waals surface area contributed by atoms with Gasteiger partial charge >= 0.3 is 0 Å². The maximum atomic E-state index is 5.31. The average molecular weight is 232 g/mol. The molecule has 1 heterocycles. The molecule has 0 amide bonds. The van der Waals surface area contributed by atoms with E-state index in [1.165, 1.54) is 5.56 Å². The minimum absolute atomic E-state index is 0.756. The lowest BCUT2D eigenvalue weighted by molar-refractivity contribution is 0.395. The zero-order valence-corrected chi connectivity index (χ0v) is 9.99. The third kappa shape index (κ3) is 2.72. The van der Waals surface area contributed by atoms with Gasteiger partial charge in [-0.05, 0) is 23.8 Å². The Balaban J connectivity index is 2.09. The van der Waals surface area contributed by atoms with Gasteiger partial charge in [0, 0.05) is 25.0 Å². The van der Waals surface area contributed by atoms with E-state index in [0.29, 0.717) is 0 Å². The van der Waals surface area contributed by atoms with Crippen molar-refractivity contribution in [3.8, 4) is 11.5 Å². The topological polar surface area (TPSA) is 46.3 Å². The van der Waals surface area contributed by atoms with Crippen LogP contribution in [0.4, 0.5) is 5.69 Å². The van der Waals surface area contributed by atoms with E-state index in [9.17, 15) is 0 Å². The number of anilines is 1. The quantitative estimate of drug-likeness (QED) is 0.833. The lowest BCUT2D eigenvalue weighted by Crippen LogP contribution is -2.00. The monoisotopic (exact) mass is 232 g/mol. The van der Waals surface area contributed by atoms with Gasteiger partial charge in [-0.1, -0.05) is 0 Å². The van der Waals surface area contributed by atoms with Crippen LogP contribution in [0.5, 0.6) is 11.5 Å². The van der Waals surface area contributed by atoms with Crippen LogP contribution in [0, 0.1) is 0 Å². The highest BCUT2D eigenvalue weighted by atomic mass is 16.5. The lowest BCUT2D eigenvalue weighted by Gasteiger charge is -2.11. The van der Waals surface area contributed by atoms with Crippen LogP contribution >= 0.6 is 0 Å². The van der Waals surface area contributed by atoms with Gasteiger partial charge in [0.1, 0.15) is 11.5 Å². The Hall–Kier alpha value is -2.10. The van der Waals surface area contributed by atoms with Gasteiger partial charge in [0.05, 0.1) is 19.9 Å². The van der Waals surface area contributed by atoms with Crippen LogP contribution in [-0.2, 0) is 6.54 Å². The van der Waals surface area contributed by atoms with Crippen molar-refractivity contribution in [2.24, 2.45) is 0 Å². The van der Waals surface area contributed by atoms with E-state index in [4.69, 9.17) is 9.47 Å². The molecule has 0 spiro atoms. The molecule has 1 aromatic heterocycles. The van der Waals surface area contributed by atoms with Crippen molar-refractivity contribution in [1.29, 1.82) is 0 Å². The fourth-order valence-electron chi connectivity index (χ4n) is 1.61. The van der Waals surface area contributed by atoms with Crippen LogP contribution in [0.25, 0.3) is 0 Å². The van der Waals surface area contributed by atoms with Crippen molar-refractivity contribution in [2.75, 3.05) is 19.5 Å². The van der Waals surface area contributed by atoms with E-state index >= 15 is 0 Å². The molecule has 0 bridgehead atoms. The molecule has 0 fully saturated rings. The summed E-state index contributed by atoms with van der Waals surface area (Å²) in [5.74, 6) is 1.56. The predicted molar refractivity (Wildman–Crippen MR) is 67.7 cm³/mol. The first kappa shape index (κ1) is 11.4. The minimum Gasteiger partial charge on any atom is -0.497 e. The molecule has 0 aliphatic heterocycles. The van der Waals surface area contributed by atoms with Gasteiger partial charge in [-0.25, -0.2) is 0 Å². The first-order chi connectivity index (χ1) is 8.33. The highest BCUT2D eigenvalue weighted by molar-refractivity contribution is 5.59. The molecule has 0 saturated heterocycles. The van der Waals surface area contributed by atoms with E-state index in [0.717, 1.165) is 23.7 Å². The third-order valence-electron chi connectivity index (χ3n) is 2.55. The number of aromatic amines is 1. The molecule has 17 heavy (non-hydrogen) atoms. The molecule has 0 atom stereocenters. The van der Waals surface area contributed by atoms with Crippen molar-refractivity contribution < 1.29 is 9.47 Å². The maximum absolute atomic E-state index is 5.31. The number of hydrogen-bond acceptors (Lipinski definition) is 3. The number of methoxy groups -OCH3 is 2. The second-order valence-corrected chi connectivity index (χ2v) is 3.64. The molecule has 90 valence electrons. The van der Waals surface area contributed by atoms with Gasteiger partial charge in [0.25, 0.3) is 0 Å². The van der Waals surface area contributed by atoms with Crippen molar-refractivity contribution in [2.45, 2.75) is 6.54 Å². The van der Waals surface area contributed by atoms with Crippen LogP contribution in [0.1, 0.15) is 5.56 Å². The van der Waals surface area contributed by atoms with E-state index in [1.807, 2.05) is 36.7 Å². The number of ether oxygens (including phenoxy) is 2. The summed E-state index contributed by atoms with van der Waals surface area (Å²) in [6.45, 7) is 0.756. The van der Waals surface area contributed by atoms with Crippen LogP contribution < -0.4 is 14.8 Å². The second-order valence-electron chi connectivity index (χ2n) is 3.64. The first-order valence-electron chi connectivity index (χ1n) is 5.41. The van der Waals surface area contributed by atoms with E-state index in [1.54, 1.807) is 14.2 Å². The van der Waals surface area contributed by atoms with Gasteiger partial charge in [0.2, 0.25) is 0 Å². The smallest absolute Gasteiger partial charge is 0.145 e. The largest absolute Gasteiger partial charge is 0.497 e. The van der Waals surface area contributed by atoms with Gasteiger partial charge in [-0.15, -0.1) is 0 Å². The van der Waals surface area contributed by atoms with Crippen molar-refractivity contribution in [3.05, 3.63) is 42.2 Å². The van der Waals surface area contributed by atoms with Crippen LogP contribution in [0.2, 0.25) is 0 Å². The van der Waals surface area contributed by atoms with Gasteiger partial charge in [-0.3, -0.25) is 0 Å². The standard InChI is InChI=1S/C13H16N2O2/c1-16-11-3-4-12(13(7-11)17-2)15-9-10-5-6-14-8-10/h3-8,14-15H,9H2,1-2H3. The summed E-state index contributed by atoms with van der Waals surface area (Å²) in [6.07, 6.45) is 3.87. The Bertz CT molecular complexity index is 466. The molecule has 0 aliphatic rings. The van der Waals surface area contributed by atoms with Crippen LogP contribution in [-0.4, -0.2) is 19.2 Å². The molecule has 2 N–H and O–H groups in total. The summed E-state index contributed by atoms with van der Waals surface area (Å²) in [6, 6.07) is 7.74. The first-order valence-corrected chi connectivity index (χ1v) is 5.41. The maximum Gasteiger partial charge on any atom is 0.145 e. The predicted octanol–water partition coefficient (Wildman–Crippen LogP) is 2.64. The van der Waals surface area contributed by atoms with E-state index in [2.05, 4.69) is 10.3 Å². The highest BCUT2D eigenvalue weighted by Crippen LogP contribution is 2.29.